The van der Waals surface area contributed by atoms with Crippen LogP contribution in [0.15, 0.2) is 35.2 Å². The van der Waals surface area contributed by atoms with E-state index >= 15 is 0 Å². The van der Waals surface area contributed by atoms with E-state index in [1.165, 1.54) is 0 Å². The predicted octanol–water partition coefficient (Wildman–Crippen LogP) is 3.03. The summed E-state index contributed by atoms with van der Waals surface area (Å²) in [4.78, 5) is 11.3. The van der Waals surface area contributed by atoms with Gasteiger partial charge in [0, 0.05) is 14.5 Å². The summed E-state index contributed by atoms with van der Waals surface area (Å²) in [6.45, 7) is 6.39. The van der Waals surface area contributed by atoms with Crippen molar-refractivity contribution in [3.05, 3.63) is 30.3 Å². The summed E-state index contributed by atoms with van der Waals surface area (Å²) < 4.78 is 25.2. The maximum absolute atomic E-state index is 13.0. The van der Waals surface area contributed by atoms with E-state index in [0.717, 1.165) is 0 Å². The number of hydrogen-bond acceptors (Lipinski definition) is 3. The van der Waals surface area contributed by atoms with Gasteiger partial charge in [-0.2, -0.15) is 0 Å². The number of benzene rings is 1. The molecule has 1 aromatic carbocycles. The van der Waals surface area contributed by atoms with Gasteiger partial charge in [-0.05, 0) is 30.5 Å². The van der Waals surface area contributed by atoms with Gasteiger partial charge in [0.1, 0.15) is 0 Å². The van der Waals surface area contributed by atoms with Crippen molar-refractivity contribution in [2.75, 3.05) is 0 Å². The van der Waals surface area contributed by atoms with Crippen LogP contribution in [0.5, 0.6) is 0 Å². The number of rotatable bonds is 6. The third-order valence-corrected chi connectivity index (χ3v) is 8.57. The fraction of sp³-hybridized carbons (Fsp3) is 0.533. The topological polar surface area (TPSA) is 71.4 Å². The molecule has 0 aromatic heterocycles. The lowest BCUT2D eigenvalue weighted by atomic mass is 10.2. The quantitative estimate of drug-likeness (QED) is 0.816. The first kappa shape index (κ1) is 16.2. The predicted molar refractivity (Wildman–Crippen MR) is 84.9 cm³/mol. The Kier molecular flexibility index (Phi) is 4.05. The summed E-state index contributed by atoms with van der Waals surface area (Å²) in [7, 11) is -5.12. The maximum Gasteiger partial charge on any atom is 0.303 e. The minimum Gasteiger partial charge on any atom is -0.481 e. The second kappa shape index (κ2) is 5.25. The molecule has 1 aliphatic rings. The highest BCUT2D eigenvalue weighted by atomic mass is 32.2. The highest BCUT2D eigenvalue weighted by Gasteiger charge is 2.64. The molecule has 1 fully saturated rings. The van der Waals surface area contributed by atoms with Crippen LogP contribution in [0.4, 0.5) is 0 Å². The van der Waals surface area contributed by atoms with Gasteiger partial charge in [-0.15, -0.1) is 0 Å². The van der Waals surface area contributed by atoms with E-state index in [9.17, 15) is 13.2 Å². The smallest absolute Gasteiger partial charge is 0.303 e. The standard InChI is InChI=1S/C15H22O4SSi/c1-21(2,3)11-15(10-12(15)9-14(16)17)20(18,19)13-7-5-4-6-8-13/h4-8,12H,9-11H2,1-3H3,(H,16,17)/t12-,15+/m1/s1. The van der Waals surface area contributed by atoms with Gasteiger partial charge in [-0.25, -0.2) is 8.42 Å². The van der Waals surface area contributed by atoms with Crippen LogP contribution in [-0.4, -0.2) is 32.3 Å². The maximum atomic E-state index is 13.0. The van der Waals surface area contributed by atoms with Crippen molar-refractivity contribution in [1.29, 1.82) is 0 Å². The summed E-state index contributed by atoms with van der Waals surface area (Å²) in [6.07, 6.45) is 0.414. The van der Waals surface area contributed by atoms with E-state index in [4.69, 9.17) is 5.11 Å². The number of carboxylic acids is 1. The second-order valence-electron chi connectivity index (χ2n) is 7.12. The molecule has 0 aliphatic heterocycles. The Balaban J connectivity index is 2.41. The van der Waals surface area contributed by atoms with Crippen molar-refractivity contribution in [2.45, 2.75) is 48.2 Å². The summed E-state index contributed by atoms with van der Waals surface area (Å²) in [5.41, 5.74) is 0. The molecule has 1 N–H and O–H groups in total. The molecule has 0 radical (unpaired) electrons. The summed E-state index contributed by atoms with van der Waals surface area (Å²) in [6, 6.07) is 9.04. The van der Waals surface area contributed by atoms with Crippen molar-refractivity contribution < 1.29 is 18.3 Å². The molecule has 0 unspecified atom stereocenters. The lowest BCUT2D eigenvalue weighted by Gasteiger charge is -2.25. The molecule has 4 nitrogen and oxygen atoms in total. The van der Waals surface area contributed by atoms with E-state index in [2.05, 4.69) is 19.6 Å². The third-order valence-electron chi connectivity index (χ3n) is 4.02. The Morgan fingerprint density at radius 2 is 1.86 bits per heavy atom. The van der Waals surface area contributed by atoms with Gasteiger partial charge in [0.25, 0.3) is 0 Å². The molecular weight excluding hydrogens is 304 g/mol. The summed E-state index contributed by atoms with van der Waals surface area (Å²) in [5, 5.41) is 9.01. The molecule has 2 rings (SSSR count). The van der Waals surface area contributed by atoms with Crippen molar-refractivity contribution in [3.8, 4) is 0 Å². The average molecular weight is 326 g/mol. The van der Waals surface area contributed by atoms with Crippen molar-refractivity contribution in [3.63, 3.8) is 0 Å². The molecule has 1 saturated carbocycles. The van der Waals surface area contributed by atoms with Gasteiger partial charge >= 0.3 is 5.97 Å². The second-order valence-corrected chi connectivity index (χ2v) is 14.9. The van der Waals surface area contributed by atoms with Crippen molar-refractivity contribution in [2.24, 2.45) is 5.92 Å². The molecule has 21 heavy (non-hydrogen) atoms. The zero-order valence-electron chi connectivity index (χ0n) is 12.7. The molecule has 0 bridgehead atoms. The van der Waals surface area contributed by atoms with Gasteiger partial charge in [-0.3, -0.25) is 4.79 Å². The minimum absolute atomic E-state index is 0.0590. The van der Waals surface area contributed by atoms with Gasteiger partial charge in [0.15, 0.2) is 9.84 Å². The van der Waals surface area contributed by atoms with Gasteiger partial charge in [0.2, 0.25) is 0 Å². The van der Waals surface area contributed by atoms with Crippen LogP contribution in [0.25, 0.3) is 0 Å². The fourth-order valence-corrected chi connectivity index (χ4v) is 9.41. The Morgan fingerprint density at radius 1 is 1.29 bits per heavy atom. The third kappa shape index (κ3) is 3.21. The Hall–Kier alpha value is -1.14. The molecule has 0 saturated heterocycles. The first-order valence-electron chi connectivity index (χ1n) is 7.10. The molecule has 6 heteroatoms. The molecule has 0 amide bonds. The lowest BCUT2D eigenvalue weighted by Crippen LogP contribution is -2.36. The number of carbonyl (C=O) groups is 1. The monoisotopic (exact) mass is 326 g/mol. The van der Waals surface area contributed by atoms with Crippen LogP contribution in [0, 0.1) is 5.92 Å². The van der Waals surface area contributed by atoms with E-state index in [1.807, 2.05) is 0 Å². The minimum atomic E-state index is -3.48. The number of hydrogen-bond donors (Lipinski definition) is 1. The summed E-state index contributed by atoms with van der Waals surface area (Å²) >= 11 is 0. The Morgan fingerprint density at radius 3 is 2.33 bits per heavy atom. The highest BCUT2D eigenvalue weighted by Crippen LogP contribution is 2.58. The Labute approximate surface area is 127 Å². The number of sulfone groups is 1. The lowest BCUT2D eigenvalue weighted by molar-refractivity contribution is -0.137. The molecule has 1 aromatic rings. The molecule has 116 valence electrons. The first-order valence-corrected chi connectivity index (χ1v) is 12.3. The van der Waals surface area contributed by atoms with Crippen LogP contribution in [-0.2, 0) is 14.6 Å². The van der Waals surface area contributed by atoms with Gasteiger partial charge in [0.05, 0.1) is 9.64 Å². The van der Waals surface area contributed by atoms with Crippen LogP contribution < -0.4 is 0 Å². The Bertz CT molecular complexity index is 633. The fourth-order valence-electron chi connectivity index (χ4n) is 3.20. The van der Waals surface area contributed by atoms with E-state index < -0.39 is 28.6 Å². The van der Waals surface area contributed by atoms with Crippen molar-refractivity contribution >= 4 is 23.9 Å². The normalized spacial score (nSPS) is 25.6. The SMILES string of the molecule is C[Si](C)(C)C[C@@]1(S(=O)(=O)c2ccccc2)C[C@H]1CC(=O)O. The highest BCUT2D eigenvalue weighted by molar-refractivity contribution is 7.93. The molecule has 2 atom stereocenters. The van der Waals surface area contributed by atoms with E-state index in [-0.39, 0.29) is 12.3 Å². The van der Waals surface area contributed by atoms with E-state index in [1.54, 1.807) is 30.3 Å². The van der Waals surface area contributed by atoms with Gasteiger partial charge < -0.3 is 5.11 Å². The van der Waals surface area contributed by atoms with Crippen LogP contribution >= 0.6 is 0 Å². The van der Waals surface area contributed by atoms with Gasteiger partial charge in [-0.1, -0.05) is 37.8 Å². The zero-order chi connectivity index (χ0) is 15.9. The molecule has 0 heterocycles. The van der Waals surface area contributed by atoms with E-state index in [0.29, 0.717) is 17.4 Å². The molecular formula is C15H22O4SSi. The molecule has 0 spiro atoms. The van der Waals surface area contributed by atoms with Crippen LogP contribution in [0.3, 0.4) is 0 Å². The van der Waals surface area contributed by atoms with Crippen LogP contribution in [0.2, 0.25) is 25.7 Å². The zero-order valence-corrected chi connectivity index (χ0v) is 14.5. The molecule has 1 aliphatic carbocycles. The van der Waals surface area contributed by atoms with Crippen molar-refractivity contribution in [1.82, 2.24) is 0 Å². The average Bonchev–Trinajstić information content (AvgIpc) is 3.01. The summed E-state index contributed by atoms with van der Waals surface area (Å²) in [5.74, 6) is -1.17. The number of carboxylic acid groups (broad SMARTS) is 1. The number of aliphatic carboxylic acids is 1. The van der Waals surface area contributed by atoms with Crippen LogP contribution in [0.1, 0.15) is 12.8 Å². The first-order chi connectivity index (χ1) is 9.58. The largest absolute Gasteiger partial charge is 0.481 e.